The van der Waals surface area contributed by atoms with Crippen molar-refractivity contribution >= 4 is 45.2 Å². The van der Waals surface area contributed by atoms with E-state index in [9.17, 15) is 0 Å². The van der Waals surface area contributed by atoms with E-state index >= 15 is 0 Å². The Labute approximate surface area is 174 Å². The second kappa shape index (κ2) is 7.26. The molecule has 2 aliphatic rings. The average Bonchev–Trinajstić information content (AvgIpc) is 2.75. The van der Waals surface area contributed by atoms with E-state index < -0.39 is 0 Å². The summed E-state index contributed by atoms with van der Waals surface area (Å²) in [5.41, 5.74) is 3.51. The van der Waals surface area contributed by atoms with Crippen LogP contribution >= 0.6 is 45.2 Å². The maximum Gasteiger partial charge on any atom is 0.0407 e. The summed E-state index contributed by atoms with van der Waals surface area (Å²) in [5.74, 6) is 1.50. The number of rotatable bonds is 3. The molecule has 0 N–H and O–H groups in total. The molecule has 2 aliphatic carbocycles. The van der Waals surface area contributed by atoms with Crippen LogP contribution in [0.5, 0.6) is 0 Å². The van der Waals surface area contributed by atoms with Gasteiger partial charge in [-0.15, -0.1) is 0 Å². The molecule has 1 saturated carbocycles. The maximum absolute atomic E-state index is 2.71. The lowest BCUT2D eigenvalue weighted by atomic mass is 9.66. The Bertz CT molecular complexity index is 696. The Morgan fingerprint density at radius 3 is 2.62 bits per heavy atom. The Kier molecular flexibility index (Phi) is 5.65. The van der Waals surface area contributed by atoms with Crippen molar-refractivity contribution in [2.24, 2.45) is 5.92 Å². The van der Waals surface area contributed by atoms with E-state index in [1.54, 1.807) is 11.1 Å². The van der Waals surface area contributed by atoms with Gasteiger partial charge in [-0.25, -0.2) is 0 Å². The smallest absolute Gasteiger partial charge is 0.0407 e. The summed E-state index contributed by atoms with van der Waals surface area (Å²) in [6.07, 6.45) is 17.0. The van der Waals surface area contributed by atoms with Crippen LogP contribution in [-0.2, 0) is 5.41 Å². The Hall–Kier alpha value is -0.100. The Morgan fingerprint density at radius 1 is 1.12 bits per heavy atom. The van der Waals surface area contributed by atoms with Gasteiger partial charge < -0.3 is 0 Å². The number of hydrogen-bond acceptors (Lipinski definition) is 0. The molecule has 3 unspecified atom stereocenters. The number of benzene rings is 1. The number of hydrogen-bond donors (Lipinski definition) is 0. The van der Waals surface area contributed by atoms with Gasteiger partial charge in [0.05, 0.1) is 0 Å². The third-order valence-electron chi connectivity index (χ3n) is 5.87. The molecule has 128 valence electrons. The quantitative estimate of drug-likeness (QED) is 0.213. The molecular weight excluding hydrogens is 518 g/mol. The van der Waals surface area contributed by atoms with Crippen molar-refractivity contribution in [3.05, 3.63) is 69.4 Å². The van der Waals surface area contributed by atoms with Gasteiger partial charge in [0, 0.05) is 6.99 Å². The molecule has 0 heterocycles. The molecule has 0 aliphatic heterocycles. The van der Waals surface area contributed by atoms with Crippen LogP contribution in [0.4, 0.5) is 0 Å². The standard InChI is InChI=1S/C22H26I2/c1-4-5-6-7-8-12-22(24)13-11-18-17-10-9-16(23)14-19(17)21(2,3)20(18)15-22/h4-10,12,14,18,20H,11,13,15H2,1-3H3/b5-4-,7-6-,12-8+. The number of halogens is 2. The van der Waals surface area contributed by atoms with E-state index in [-0.39, 0.29) is 5.41 Å². The number of fused-ring (bicyclic) bond motifs is 3. The minimum Gasteiger partial charge on any atom is -0.0877 e. The fourth-order valence-electron chi connectivity index (χ4n) is 4.57. The van der Waals surface area contributed by atoms with E-state index in [0.717, 1.165) is 11.8 Å². The fourth-order valence-corrected chi connectivity index (χ4v) is 6.05. The first-order valence-electron chi connectivity index (χ1n) is 8.83. The summed E-state index contributed by atoms with van der Waals surface area (Å²) >= 11 is 5.16. The lowest BCUT2D eigenvalue weighted by Gasteiger charge is -2.42. The third-order valence-corrected chi connectivity index (χ3v) is 7.88. The zero-order valence-electron chi connectivity index (χ0n) is 14.7. The van der Waals surface area contributed by atoms with E-state index in [1.165, 1.54) is 22.8 Å². The van der Waals surface area contributed by atoms with Gasteiger partial charge in [0.2, 0.25) is 0 Å². The fraction of sp³-hybridized carbons (Fsp3) is 0.455. The predicted octanol–water partition coefficient (Wildman–Crippen LogP) is 7.33. The number of alkyl halides is 1. The summed E-state index contributed by atoms with van der Waals surface area (Å²) in [5, 5.41) is 0. The highest BCUT2D eigenvalue weighted by Gasteiger charge is 2.51. The monoisotopic (exact) mass is 544 g/mol. The first-order chi connectivity index (χ1) is 11.4. The Morgan fingerprint density at radius 2 is 1.88 bits per heavy atom. The summed E-state index contributed by atoms with van der Waals surface area (Å²) in [6, 6.07) is 7.12. The average molecular weight is 544 g/mol. The molecule has 0 aromatic heterocycles. The van der Waals surface area contributed by atoms with Crippen LogP contribution in [-0.4, -0.2) is 3.42 Å². The maximum atomic E-state index is 2.71. The van der Waals surface area contributed by atoms with E-state index in [4.69, 9.17) is 0 Å². The third kappa shape index (κ3) is 3.55. The molecule has 2 heteroatoms. The second-order valence-corrected chi connectivity index (χ2v) is 11.1. The first kappa shape index (κ1) is 18.7. The molecule has 1 fully saturated rings. The minimum atomic E-state index is 0.284. The van der Waals surface area contributed by atoms with Crippen molar-refractivity contribution in [1.82, 2.24) is 0 Å². The molecule has 0 radical (unpaired) electrons. The van der Waals surface area contributed by atoms with Crippen LogP contribution in [0.2, 0.25) is 0 Å². The van der Waals surface area contributed by atoms with Crippen molar-refractivity contribution in [3.63, 3.8) is 0 Å². The highest BCUT2D eigenvalue weighted by atomic mass is 127. The molecule has 0 bridgehead atoms. The second-order valence-electron chi connectivity index (χ2n) is 7.71. The molecular formula is C22H26I2. The van der Waals surface area contributed by atoms with Gasteiger partial charge in [0.15, 0.2) is 0 Å². The van der Waals surface area contributed by atoms with Crippen molar-refractivity contribution in [2.75, 3.05) is 0 Å². The van der Waals surface area contributed by atoms with Crippen LogP contribution in [0.1, 0.15) is 57.1 Å². The van der Waals surface area contributed by atoms with E-state index in [0.29, 0.717) is 3.42 Å². The topological polar surface area (TPSA) is 0 Å². The van der Waals surface area contributed by atoms with Crippen molar-refractivity contribution in [2.45, 2.75) is 54.8 Å². The molecule has 0 saturated heterocycles. The zero-order valence-corrected chi connectivity index (χ0v) is 19.0. The van der Waals surface area contributed by atoms with E-state index in [1.807, 2.05) is 0 Å². The van der Waals surface area contributed by atoms with Gasteiger partial charge in [-0.3, -0.25) is 0 Å². The van der Waals surface area contributed by atoms with Gasteiger partial charge in [-0.2, -0.15) is 0 Å². The largest absolute Gasteiger partial charge is 0.0877 e. The normalized spacial score (nSPS) is 31.9. The molecule has 1 aromatic carbocycles. The molecule has 1 aromatic rings. The van der Waals surface area contributed by atoms with Gasteiger partial charge in [-0.05, 0) is 89.3 Å². The van der Waals surface area contributed by atoms with Crippen LogP contribution < -0.4 is 0 Å². The van der Waals surface area contributed by atoms with Crippen molar-refractivity contribution in [1.29, 1.82) is 0 Å². The summed E-state index contributed by atoms with van der Waals surface area (Å²) in [6.45, 7) is 6.98. The molecule has 0 nitrogen and oxygen atoms in total. The highest BCUT2D eigenvalue weighted by Crippen LogP contribution is 2.60. The molecule has 24 heavy (non-hydrogen) atoms. The first-order valence-corrected chi connectivity index (χ1v) is 11.0. The molecule has 0 spiro atoms. The van der Waals surface area contributed by atoms with Gasteiger partial charge in [0.1, 0.15) is 0 Å². The summed E-state index contributed by atoms with van der Waals surface area (Å²) in [7, 11) is 0. The van der Waals surface area contributed by atoms with Gasteiger partial charge in [-0.1, -0.05) is 79.0 Å². The summed E-state index contributed by atoms with van der Waals surface area (Å²) in [4.78, 5) is 0. The van der Waals surface area contributed by atoms with E-state index in [2.05, 4.69) is 121 Å². The van der Waals surface area contributed by atoms with Crippen LogP contribution in [0, 0.1) is 9.49 Å². The molecule has 3 atom stereocenters. The van der Waals surface area contributed by atoms with Crippen LogP contribution in [0.25, 0.3) is 0 Å². The van der Waals surface area contributed by atoms with Crippen molar-refractivity contribution in [3.8, 4) is 0 Å². The summed E-state index contributed by atoms with van der Waals surface area (Å²) < 4.78 is 1.67. The van der Waals surface area contributed by atoms with Gasteiger partial charge in [0.25, 0.3) is 0 Å². The zero-order chi connectivity index (χ0) is 17.4. The lowest BCUT2D eigenvalue weighted by molar-refractivity contribution is 0.221. The van der Waals surface area contributed by atoms with Crippen LogP contribution in [0.3, 0.4) is 0 Å². The Balaban J connectivity index is 1.84. The number of allylic oxidation sites excluding steroid dienone is 6. The SMILES string of the molecule is C\C=C/C=C\C=C\C1(I)CCC2c3ccc(I)cc3C(C)(C)C2C1. The molecule has 3 rings (SSSR count). The lowest BCUT2D eigenvalue weighted by Crippen LogP contribution is -2.37. The predicted molar refractivity (Wildman–Crippen MR) is 122 cm³/mol. The van der Waals surface area contributed by atoms with Gasteiger partial charge >= 0.3 is 0 Å². The minimum absolute atomic E-state index is 0.284. The highest BCUT2D eigenvalue weighted by molar-refractivity contribution is 14.1. The molecule has 0 amide bonds. The van der Waals surface area contributed by atoms with Crippen molar-refractivity contribution < 1.29 is 0 Å². The van der Waals surface area contributed by atoms with Crippen LogP contribution in [0.15, 0.2) is 54.7 Å².